The van der Waals surface area contributed by atoms with E-state index < -0.39 is 83.3 Å². The molecule has 10 amide bonds. The summed E-state index contributed by atoms with van der Waals surface area (Å²) in [5.41, 5.74) is 4.99. The molecule has 0 bridgehead atoms. The normalized spacial score (nSPS) is 32.9. The fourth-order valence-electron chi connectivity index (χ4n) is 19.7. The monoisotopic (exact) mass is 1780 g/mol. The molecule has 16 aliphatic rings. The number of carbonyl (C=O) groups excluding carboxylic acids is 10. The van der Waals surface area contributed by atoms with Crippen molar-refractivity contribution in [2.75, 3.05) is 45.9 Å². The highest BCUT2D eigenvalue weighted by Crippen LogP contribution is 2.51. The van der Waals surface area contributed by atoms with E-state index in [1.54, 1.807) is 55.4 Å². The third-order valence-electron chi connectivity index (χ3n) is 25.8. The molecule has 18 atom stereocenters. The van der Waals surface area contributed by atoms with E-state index in [1.165, 1.54) is 24.5 Å². The number of carbonyl (C=O) groups is 12. The smallest absolute Gasteiger partial charge is 0.367 e. The van der Waals surface area contributed by atoms with Crippen LogP contribution in [0.15, 0.2) is 152 Å². The van der Waals surface area contributed by atoms with Gasteiger partial charge in [0, 0.05) is 0 Å². The number of amides is 10. The molecule has 21 rings (SSSR count). The standard InChI is InChI=1S/5C14H16N2O2.2C12H18O7.CH4/c5*17-13-11-7-4-8-15-12(11)14(18)16(13)9-10-5-2-1-3-6-10;2*1-10(2)15-5-6-7(17-10)8-12(16-6,9(13)14)19-11(3,4)18-8;/h5*1-3,5-6,11-12,15H,4,7-9H2;2*6-8H,5H2,1-4H3,(H,13,14);1H4/t5*11-,12+;2*6-,7+,8-,12+;/m1110000./s1. The average Bonchev–Trinajstić information content (AvgIpc) is 1.55. The first kappa shape index (κ1) is 95.2. The number of aliphatic carboxylic acids is 2. The van der Waals surface area contributed by atoms with Gasteiger partial charge in [-0.3, -0.25) is 72.4 Å². The Kier molecular flexibility index (Phi) is 29.3. The third kappa shape index (κ3) is 20.5. The number of piperidine rings is 5. The number of nitrogens with one attached hydrogen (secondary N) is 5. The fraction of sp³-hybridized carbons (Fsp3) is 0.558. The zero-order valence-corrected chi connectivity index (χ0v) is 73.3. The molecule has 5 aromatic carbocycles. The summed E-state index contributed by atoms with van der Waals surface area (Å²) in [5, 5.41) is 34.7. The molecule has 16 aliphatic heterocycles. The van der Waals surface area contributed by atoms with Crippen molar-refractivity contribution >= 4 is 71.0 Å². The molecule has 0 aromatic heterocycles. The lowest BCUT2D eigenvalue weighted by molar-refractivity contribution is -0.325. The van der Waals surface area contributed by atoms with E-state index in [0.717, 1.165) is 125 Å². The van der Waals surface area contributed by atoms with E-state index in [4.69, 9.17) is 47.4 Å². The zero-order valence-electron chi connectivity index (χ0n) is 73.3. The van der Waals surface area contributed by atoms with Crippen LogP contribution in [0.1, 0.15) is 155 Å². The van der Waals surface area contributed by atoms with Crippen LogP contribution in [-0.2, 0) is 138 Å². The fourth-order valence-corrected chi connectivity index (χ4v) is 19.7. The van der Waals surface area contributed by atoms with Gasteiger partial charge in [-0.15, -0.1) is 0 Å². The quantitative estimate of drug-likeness (QED) is 0.0684. The Bertz CT molecular complexity index is 4180. The topological polar surface area (TPSA) is 414 Å². The summed E-state index contributed by atoms with van der Waals surface area (Å²) >= 11 is 0. The molecule has 0 radical (unpaired) electrons. The minimum atomic E-state index is -1.82. The van der Waals surface area contributed by atoms with Crippen molar-refractivity contribution in [2.24, 2.45) is 29.6 Å². The Morgan fingerprint density at radius 2 is 0.519 bits per heavy atom. The van der Waals surface area contributed by atoms with Gasteiger partial charge < -0.3 is 84.2 Å². The number of carboxylic acid groups (broad SMARTS) is 2. The summed E-state index contributed by atoms with van der Waals surface area (Å²) in [4.78, 5) is 152. The van der Waals surface area contributed by atoms with Crippen LogP contribution < -0.4 is 26.6 Å². The first-order valence-corrected chi connectivity index (χ1v) is 44.5. The second-order valence-electron chi connectivity index (χ2n) is 36.6. The second kappa shape index (κ2) is 39.7. The number of hydrogen-bond acceptors (Lipinski definition) is 27. The van der Waals surface area contributed by atoms with Crippen LogP contribution in [-0.4, -0.2) is 253 Å². The lowest BCUT2D eigenvalue weighted by Crippen LogP contribution is -2.52. The van der Waals surface area contributed by atoms with Crippen molar-refractivity contribution in [1.29, 1.82) is 0 Å². The lowest BCUT2D eigenvalue weighted by Gasteiger charge is -2.38. The maximum Gasteiger partial charge on any atom is 0.367 e. The Balaban J connectivity index is 0.000000121. The molecule has 16 heterocycles. The van der Waals surface area contributed by atoms with Crippen molar-refractivity contribution < 1.29 is 115 Å². The summed E-state index contributed by atoms with van der Waals surface area (Å²) in [5.74, 6) is -10.8. The van der Waals surface area contributed by atoms with Crippen molar-refractivity contribution in [1.82, 2.24) is 51.1 Å². The van der Waals surface area contributed by atoms with Crippen molar-refractivity contribution in [3.05, 3.63) is 179 Å². The highest BCUT2D eigenvalue weighted by atomic mass is 16.9. The number of hydrogen-bond donors (Lipinski definition) is 7. The number of nitrogens with zero attached hydrogens (tertiary/aromatic N) is 5. The first-order valence-electron chi connectivity index (χ1n) is 44.5. The minimum Gasteiger partial charge on any atom is -0.477 e. The van der Waals surface area contributed by atoms with Crippen molar-refractivity contribution in [3.63, 3.8) is 0 Å². The molecule has 34 nitrogen and oxygen atoms in total. The van der Waals surface area contributed by atoms with Gasteiger partial charge >= 0.3 is 23.5 Å². The van der Waals surface area contributed by atoms with Crippen LogP contribution in [0.5, 0.6) is 0 Å². The Hall–Kier alpha value is -9.86. The summed E-state index contributed by atoms with van der Waals surface area (Å²) in [7, 11) is 0. The maximum absolute atomic E-state index is 12.2. The number of carboxylic acids is 2. The van der Waals surface area contributed by atoms with Gasteiger partial charge in [-0.05, 0) is 180 Å². The van der Waals surface area contributed by atoms with Crippen LogP contribution in [0.25, 0.3) is 0 Å². The molecule has 34 heteroatoms. The van der Waals surface area contributed by atoms with Gasteiger partial charge in [-0.1, -0.05) is 159 Å². The number of benzene rings is 5. The van der Waals surface area contributed by atoms with Gasteiger partial charge in [-0.2, -0.15) is 0 Å². The molecular formula is C95H120N10O24. The summed E-state index contributed by atoms with van der Waals surface area (Å²) in [6.45, 7) is 20.3. The van der Waals surface area contributed by atoms with E-state index in [0.29, 0.717) is 32.7 Å². The predicted octanol–water partition coefficient (Wildman–Crippen LogP) is 6.19. The Labute approximate surface area is 750 Å². The van der Waals surface area contributed by atoms with Gasteiger partial charge in [-0.25, -0.2) is 9.59 Å². The molecule has 7 N–H and O–H groups in total. The molecule has 16 fully saturated rings. The van der Waals surface area contributed by atoms with E-state index >= 15 is 0 Å². The number of fused-ring (bicyclic) bond motifs is 11. The summed E-state index contributed by atoms with van der Waals surface area (Å²) in [6.07, 6.45) is 5.30. The van der Waals surface area contributed by atoms with Crippen LogP contribution in [0.4, 0.5) is 0 Å². The average molecular weight is 1790 g/mol. The largest absolute Gasteiger partial charge is 0.477 e. The Morgan fingerprint density at radius 3 is 0.713 bits per heavy atom. The third-order valence-corrected chi connectivity index (χ3v) is 25.8. The van der Waals surface area contributed by atoms with Gasteiger partial charge in [0.2, 0.25) is 59.1 Å². The Morgan fingerprint density at radius 1 is 0.310 bits per heavy atom. The van der Waals surface area contributed by atoms with E-state index in [1.807, 2.05) is 152 Å². The van der Waals surface area contributed by atoms with Gasteiger partial charge in [0.1, 0.15) is 24.4 Å². The van der Waals surface area contributed by atoms with Gasteiger partial charge in [0.25, 0.3) is 0 Å². The number of rotatable bonds is 12. The van der Waals surface area contributed by atoms with E-state index in [2.05, 4.69) is 26.6 Å². The van der Waals surface area contributed by atoms with Crippen molar-refractivity contribution in [3.8, 4) is 0 Å². The van der Waals surface area contributed by atoms with Gasteiger partial charge in [0.15, 0.2) is 35.4 Å². The number of imide groups is 5. The highest BCUT2D eigenvalue weighted by Gasteiger charge is 2.73. The first-order chi connectivity index (χ1) is 61.2. The molecule has 694 valence electrons. The predicted molar refractivity (Wildman–Crippen MR) is 460 cm³/mol. The second-order valence-corrected chi connectivity index (χ2v) is 36.6. The molecular weight excluding hydrogens is 1670 g/mol. The lowest BCUT2D eigenvalue weighted by atomic mass is 9.93. The van der Waals surface area contributed by atoms with Crippen LogP contribution in [0, 0.1) is 29.6 Å². The molecule has 5 aromatic rings. The van der Waals surface area contributed by atoms with Crippen LogP contribution in [0.2, 0.25) is 0 Å². The van der Waals surface area contributed by atoms with Crippen molar-refractivity contribution in [2.45, 2.75) is 261 Å². The highest BCUT2D eigenvalue weighted by molar-refractivity contribution is 6.10. The summed E-state index contributed by atoms with van der Waals surface area (Å²) < 4.78 is 56.0. The number of ether oxygens (including phenoxy) is 10. The zero-order chi connectivity index (χ0) is 90.8. The van der Waals surface area contributed by atoms with E-state index in [9.17, 15) is 67.7 Å². The number of likely N-dealkylation sites (tertiary alicyclic amines) is 5. The van der Waals surface area contributed by atoms with Crippen LogP contribution >= 0.6 is 0 Å². The molecule has 16 saturated heterocycles. The molecule has 0 spiro atoms. The van der Waals surface area contributed by atoms with E-state index in [-0.39, 0.29) is 140 Å². The van der Waals surface area contributed by atoms with Gasteiger partial charge in [0.05, 0.1) is 106 Å². The maximum atomic E-state index is 12.2. The summed E-state index contributed by atoms with van der Waals surface area (Å²) in [6, 6.07) is 46.9. The molecule has 0 saturated carbocycles. The molecule has 0 aliphatic carbocycles. The van der Waals surface area contributed by atoms with Crippen LogP contribution in [0.3, 0.4) is 0 Å². The minimum absolute atomic E-state index is 0. The molecule has 129 heavy (non-hydrogen) atoms. The SMILES string of the molecule is C.CC1(C)OC[C@@H]2O[C@@]3(C(=O)O)OC(C)(C)O[C@H]3[C@@H]2O1.CC1(C)OC[C@@H]2O[C@@]3(C(=O)O)OC(C)(C)O[C@H]3[C@@H]2O1.O=C1[C@H]2CCCN[C@H]2C(=O)N1Cc1ccccc1.O=C1[C@H]2CCCN[C@H]2C(=O)N1Cc1ccccc1.O=C1[C@H]2NCCC[C@H]2C(=O)N1Cc1ccccc1.O=C1[C@H]2NCCC[C@H]2C(=O)N1Cc1ccccc1.O=C1[C@H]2NCCC[C@H]2C(=O)N1Cc1ccccc1. The molecule has 0 unspecified atom stereocenters.